The molecule has 14 rings (SSSR count). The van der Waals surface area contributed by atoms with Gasteiger partial charge in [0, 0.05) is 123 Å². The van der Waals surface area contributed by atoms with Gasteiger partial charge in [0.1, 0.15) is 28.9 Å². The highest BCUT2D eigenvalue weighted by atomic mass is 16.6. The molecular weight excluding hydrogens is 1250 g/mol. The zero-order valence-electron chi connectivity index (χ0n) is 57.1. The number of aromatic nitrogens is 8. The molecule has 5 amide bonds. The van der Waals surface area contributed by atoms with Crippen molar-refractivity contribution in [2.24, 2.45) is 0 Å². The van der Waals surface area contributed by atoms with Gasteiger partial charge >= 0.3 is 6.09 Å². The highest BCUT2D eigenvalue weighted by Gasteiger charge is 2.27. The summed E-state index contributed by atoms with van der Waals surface area (Å²) in [7, 11) is 0. The molecule has 516 valence electrons. The second-order valence-corrected chi connectivity index (χ2v) is 27.5. The number of imidazole rings is 4. The van der Waals surface area contributed by atoms with Gasteiger partial charge in [-0.2, -0.15) is 0 Å². The standard InChI is InChI=1S/C40H49N9O4.C36H42N8O2/c1-40(2,3)53-39(52)49-23-21-48(22-24-49)20-16-42-38(51)30-12-14-32-34(26-30)46-36(44-32)28-9-7-27(8-10-28)35-43-31-13-11-29(25-33(31)45-35)37(50)41-15-19-47-17-5-4-6-18-47;45-35(37-15-21-43-17-3-1-4-18-43)27-11-13-29-31(23-27)41-33(39-29)25-7-9-26(10-8-25)34-40-30-14-12-28(24-32(30)42-34)36(46)38-16-22-44-19-5-2-6-20-44/h7-14,25-26H,4-6,15-24H2,1-3H3,(H,41,50)(H,42,51)(H,43,45)(H,44,46);7-14,23-24H,1-6,15-22H2,(H,37,45)(H,38,46)(H,39,41)(H,40,42). The molecule has 4 aliphatic heterocycles. The van der Waals surface area contributed by atoms with E-state index in [0.29, 0.717) is 73.9 Å². The fourth-order valence-electron chi connectivity index (χ4n) is 13.5. The maximum Gasteiger partial charge on any atom is 0.410 e. The lowest BCUT2D eigenvalue weighted by molar-refractivity contribution is 0.0146. The molecule has 23 nitrogen and oxygen atoms in total. The van der Waals surface area contributed by atoms with Crippen LogP contribution < -0.4 is 21.3 Å². The van der Waals surface area contributed by atoms with Gasteiger partial charge in [0.2, 0.25) is 0 Å². The van der Waals surface area contributed by atoms with Crippen molar-refractivity contribution in [3.05, 3.63) is 144 Å². The van der Waals surface area contributed by atoms with Gasteiger partial charge in [-0.1, -0.05) is 67.8 Å². The van der Waals surface area contributed by atoms with Crippen LogP contribution in [0.3, 0.4) is 0 Å². The topological polar surface area (TPSA) is 274 Å². The van der Waals surface area contributed by atoms with Crippen LogP contribution in [-0.2, 0) is 4.74 Å². The van der Waals surface area contributed by atoms with Crippen molar-refractivity contribution in [1.82, 2.24) is 85.6 Å². The van der Waals surface area contributed by atoms with E-state index in [-0.39, 0.29) is 29.7 Å². The molecule has 4 fully saturated rings. The Bertz CT molecular complexity index is 4310. The SMILES string of the molecule is CC(C)(C)OC(=O)N1CCN(CCNC(=O)c2ccc3nc(-c4ccc(-c5nc6ccc(C(=O)NCCN7CCCCC7)cc6[nH]5)cc4)[nH]c3c2)CC1.O=C(NCCN1CCCCC1)c1ccc2nc(-c3ccc(-c4nc5ccc(C(=O)NCCN6CCCCC6)cc5[nH]4)cc3)[nH]c2c1. The number of hydrogen-bond acceptors (Lipinski definition) is 14. The van der Waals surface area contributed by atoms with Crippen molar-refractivity contribution >= 4 is 73.9 Å². The smallest absolute Gasteiger partial charge is 0.410 e. The average molecular weight is 1340 g/mol. The van der Waals surface area contributed by atoms with E-state index in [1.807, 2.05) is 136 Å². The number of aromatic amines is 4. The summed E-state index contributed by atoms with van der Waals surface area (Å²) in [6.45, 7) is 20.8. The predicted octanol–water partition coefficient (Wildman–Crippen LogP) is 10.5. The van der Waals surface area contributed by atoms with Crippen LogP contribution in [0.1, 0.15) is 120 Å². The number of H-pyrrole nitrogens is 4. The van der Waals surface area contributed by atoms with Gasteiger partial charge in [-0.3, -0.25) is 24.1 Å². The molecule has 8 heterocycles. The van der Waals surface area contributed by atoms with E-state index >= 15 is 0 Å². The summed E-state index contributed by atoms with van der Waals surface area (Å²) in [6.07, 6.45) is 11.1. The van der Waals surface area contributed by atoms with Crippen LogP contribution >= 0.6 is 0 Å². The highest BCUT2D eigenvalue weighted by Crippen LogP contribution is 2.29. The van der Waals surface area contributed by atoms with E-state index in [0.717, 1.165) is 156 Å². The molecule has 4 aliphatic rings. The number of carbonyl (C=O) groups excluding carboxylic acids is 5. The van der Waals surface area contributed by atoms with Gasteiger partial charge in [-0.15, -0.1) is 0 Å². The third-order valence-corrected chi connectivity index (χ3v) is 19.1. The number of hydrogen-bond donors (Lipinski definition) is 8. The maximum absolute atomic E-state index is 13.0. The largest absolute Gasteiger partial charge is 0.444 e. The van der Waals surface area contributed by atoms with E-state index in [9.17, 15) is 24.0 Å². The van der Waals surface area contributed by atoms with Crippen LogP contribution in [0.2, 0.25) is 0 Å². The molecule has 23 heteroatoms. The Morgan fingerprint density at radius 3 is 0.859 bits per heavy atom. The maximum atomic E-state index is 13.0. The van der Waals surface area contributed by atoms with E-state index in [1.165, 1.54) is 57.8 Å². The molecule has 99 heavy (non-hydrogen) atoms. The van der Waals surface area contributed by atoms with E-state index < -0.39 is 5.60 Å². The molecule has 0 atom stereocenters. The molecule has 10 aromatic rings. The summed E-state index contributed by atoms with van der Waals surface area (Å²) in [5.74, 6) is 2.55. The Kier molecular flexibility index (Phi) is 21.5. The zero-order valence-corrected chi connectivity index (χ0v) is 57.1. The molecule has 0 spiro atoms. The van der Waals surface area contributed by atoms with Crippen molar-refractivity contribution in [2.75, 3.05) is 118 Å². The highest BCUT2D eigenvalue weighted by molar-refractivity contribution is 6.00. The summed E-state index contributed by atoms with van der Waals surface area (Å²) in [5.41, 5.74) is 12.0. The van der Waals surface area contributed by atoms with E-state index in [2.05, 4.69) is 60.8 Å². The molecular formula is C76H91N17O6. The number of piperazine rings is 1. The number of benzene rings is 6. The number of fused-ring (bicyclic) bond motifs is 4. The van der Waals surface area contributed by atoms with Crippen molar-refractivity contribution in [1.29, 1.82) is 0 Å². The Hall–Kier alpha value is -9.81. The number of piperidine rings is 3. The normalized spacial score (nSPS) is 16.0. The number of nitrogens with zero attached hydrogens (tertiary/aromatic N) is 9. The Labute approximate surface area is 576 Å². The van der Waals surface area contributed by atoms with Crippen LogP contribution in [-0.4, -0.2) is 218 Å². The van der Waals surface area contributed by atoms with Crippen molar-refractivity contribution in [3.8, 4) is 45.6 Å². The molecule has 8 N–H and O–H groups in total. The van der Waals surface area contributed by atoms with Gasteiger partial charge in [-0.05, 0) is 171 Å². The minimum absolute atomic E-state index is 0.0640. The van der Waals surface area contributed by atoms with Crippen LogP contribution in [0.5, 0.6) is 0 Å². The number of carbonyl (C=O) groups is 5. The lowest BCUT2D eigenvalue weighted by Crippen LogP contribution is -2.51. The van der Waals surface area contributed by atoms with Crippen molar-refractivity contribution in [2.45, 2.75) is 84.2 Å². The first kappa shape index (κ1) is 67.7. The quantitative estimate of drug-likeness (QED) is 0.0353. The molecule has 4 aromatic heterocycles. The zero-order chi connectivity index (χ0) is 68.2. The average Bonchev–Trinajstić information content (AvgIpc) is 1.67. The van der Waals surface area contributed by atoms with Gasteiger partial charge in [0.25, 0.3) is 23.6 Å². The Morgan fingerprint density at radius 1 is 0.354 bits per heavy atom. The van der Waals surface area contributed by atoms with Crippen molar-refractivity contribution < 1.29 is 28.7 Å². The van der Waals surface area contributed by atoms with Crippen LogP contribution in [0, 0.1) is 0 Å². The lowest BCUT2D eigenvalue weighted by atomic mass is 10.1. The molecule has 0 saturated carbocycles. The first-order chi connectivity index (χ1) is 48.2. The molecule has 0 radical (unpaired) electrons. The second-order valence-electron chi connectivity index (χ2n) is 27.5. The summed E-state index contributed by atoms with van der Waals surface area (Å²) in [6, 6.07) is 38.2. The lowest BCUT2D eigenvalue weighted by Gasteiger charge is -2.35. The number of amides is 5. The Morgan fingerprint density at radius 2 is 0.606 bits per heavy atom. The number of nitrogens with one attached hydrogen (secondary N) is 8. The molecule has 4 saturated heterocycles. The number of rotatable bonds is 20. The van der Waals surface area contributed by atoms with Gasteiger partial charge in [0.05, 0.1) is 44.1 Å². The molecule has 0 unspecified atom stereocenters. The van der Waals surface area contributed by atoms with Gasteiger partial charge in [-0.25, -0.2) is 24.7 Å². The summed E-state index contributed by atoms with van der Waals surface area (Å²) >= 11 is 0. The third-order valence-electron chi connectivity index (χ3n) is 19.1. The molecule has 0 aliphatic carbocycles. The fraction of sp³-hybridized carbons (Fsp3) is 0.408. The van der Waals surface area contributed by atoms with E-state index in [1.54, 1.807) is 11.0 Å². The first-order valence-corrected chi connectivity index (χ1v) is 35.4. The van der Waals surface area contributed by atoms with Crippen LogP contribution in [0.4, 0.5) is 4.79 Å². The Balaban J connectivity index is 0.000000179. The second kappa shape index (κ2) is 31.4. The van der Waals surface area contributed by atoms with Crippen LogP contribution in [0.25, 0.3) is 89.7 Å². The van der Waals surface area contributed by atoms with Gasteiger partial charge < -0.3 is 65.5 Å². The number of ether oxygens (including phenoxy) is 1. The molecule has 6 aromatic carbocycles. The van der Waals surface area contributed by atoms with Crippen molar-refractivity contribution in [3.63, 3.8) is 0 Å². The fourth-order valence-corrected chi connectivity index (χ4v) is 13.5. The molecule has 0 bridgehead atoms. The van der Waals surface area contributed by atoms with Gasteiger partial charge in [0.15, 0.2) is 0 Å². The summed E-state index contributed by atoms with van der Waals surface area (Å²) in [5, 5.41) is 12.2. The summed E-state index contributed by atoms with van der Waals surface area (Å²) < 4.78 is 5.48. The van der Waals surface area contributed by atoms with E-state index in [4.69, 9.17) is 24.7 Å². The third kappa shape index (κ3) is 17.6. The minimum Gasteiger partial charge on any atom is -0.444 e. The number of likely N-dealkylation sites (tertiary alicyclic amines) is 3. The van der Waals surface area contributed by atoms with Crippen LogP contribution in [0.15, 0.2) is 121 Å². The summed E-state index contributed by atoms with van der Waals surface area (Å²) in [4.78, 5) is 108. The minimum atomic E-state index is -0.511. The monoisotopic (exact) mass is 1340 g/mol. The first-order valence-electron chi connectivity index (χ1n) is 35.4. The predicted molar refractivity (Wildman–Crippen MR) is 388 cm³/mol.